The number of nitrogens with one attached hydrogen (secondary N) is 4. The van der Waals surface area contributed by atoms with Gasteiger partial charge in [-0.2, -0.15) is 0 Å². The van der Waals surface area contributed by atoms with Crippen molar-refractivity contribution in [1.82, 2.24) is 40.4 Å². The van der Waals surface area contributed by atoms with Crippen molar-refractivity contribution in [3.05, 3.63) is 72.4 Å². The van der Waals surface area contributed by atoms with E-state index in [0.29, 0.717) is 18.4 Å². The minimum absolute atomic E-state index is 0.0471. The van der Waals surface area contributed by atoms with E-state index >= 15 is 0 Å². The second kappa shape index (κ2) is 16.2. The van der Waals surface area contributed by atoms with E-state index in [9.17, 15) is 14.4 Å². The molecule has 4 N–H and O–H groups in total. The van der Waals surface area contributed by atoms with Crippen molar-refractivity contribution < 1.29 is 19.1 Å². The molecule has 2 fully saturated rings. The first kappa shape index (κ1) is 39.2. The summed E-state index contributed by atoms with van der Waals surface area (Å²) in [5.41, 5.74) is 6.23. The number of likely N-dealkylation sites (N-methyl/N-ethyl adjacent to an activating group) is 1. The number of benzene rings is 2. The third kappa shape index (κ3) is 7.84. The van der Waals surface area contributed by atoms with Crippen molar-refractivity contribution in [2.45, 2.75) is 78.6 Å². The summed E-state index contributed by atoms with van der Waals surface area (Å²) in [6.45, 7) is 13.7. The number of aromatic nitrogens is 4. The van der Waals surface area contributed by atoms with Crippen LogP contribution in [0.3, 0.4) is 0 Å². The van der Waals surface area contributed by atoms with Gasteiger partial charge in [0, 0.05) is 18.0 Å². The molecule has 7 rings (SSSR count). The zero-order valence-electron chi connectivity index (χ0n) is 33.6. The van der Waals surface area contributed by atoms with Gasteiger partial charge in [0.05, 0.1) is 42.6 Å². The van der Waals surface area contributed by atoms with Gasteiger partial charge in [-0.25, -0.2) is 14.8 Å². The Hall–Kier alpha value is -5.01. The van der Waals surface area contributed by atoms with Gasteiger partial charge in [-0.3, -0.25) is 9.59 Å². The van der Waals surface area contributed by atoms with E-state index in [0.717, 1.165) is 74.2 Å². The van der Waals surface area contributed by atoms with Gasteiger partial charge in [0.2, 0.25) is 11.8 Å². The molecule has 0 spiro atoms. The Balaban J connectivity index is 1.02. The maximum absolute atomic E-state index is 13.7. The van der Waals surface area contributed by atoms with Gasteiger partial charge in [-0.15, -0.1) is 11.3 Å². The zero-order chi connectivity index (χ0) is 39.8. The number of imidazole rings is 2. The van der Waals surface area contributed by atoms with Gasteiger partial charge < -0.3 is 35.1 Å². The van der Waals surface area contributed by atoms with Crippen LogP contribution in [0.25, 0.3) is 43.2 Å². The Morgan fingerprint density at radius 2 is 1.32 bits per heavy atom. The number of carbonyl (C=O) groups excluding carboxylic acids is 3. The van der Waals surface area contributed by atoms with Crippen LogP contribution in [0.4, 0.5) is 4.79 Å². The number of hydrogen-bond donors (Lipinski definition) is 4. The van der Waals surface area contributed by atoms with Crippen molar-refractivity contribution in [3.8, 4) is 32.8 Å². The molecule has 12 nitrogen and oxygen atoms in total. The summed E-state index contributed by atoms with van der Waals surface area (Å²) in [4.78, 5) is 61.9. The highest BCUT2D eigenvalue weighted by Crippen LogP contribution is 2.40. The van der Waals surface area contributed by atoms with E-state index in [4.69, 9.17) is 14.7 Å². The predicted molar refractivity (Wildman–Crippen MR) is 221 cm³/mol. The standard InChI is InChI=1S/C43H54N8O4S/c1-23(2)36(44-7)41(52)51-22-26(6)18-34(51)39-46-31-19-35(56-40(31)49-39)30-15-11-28(12-16-30)27-9-13-29(14-10-27)32-20-45-38(47-32)33-17-25(5)21-50(33)42(53)37(24(3)4)48-43(54)55-8/h9-16,19-20,23-26,33-34,36-37,44H,17-18,21-22H2,1-8H3,(H,45,47)(H,46,49)(H,48,54). The van der Waals surface area contributed by atoms with Crippen molar-refractivity contribution >= 4 is 39.6 Å². The van der Waals surface area contributed by atoms with E-state index in [1.807, 2.05) is 36.9 Å². The van der Waals surface area contributed by atoms with E-state index in [-0.39, 0.29) is 41.8 Å². The maximum atomic E-state index is 13.7. The number of methoxy groups -OCH3 is 1. The number of nitrogens with zero attached hydrogens (tertiary/aromatic N) is 4. The molecule has 2 aliphatic rings. The third-order valence-corrected chi connectivity index (χ3v) is 12.4. The largest absolute Gasteiger partial charge is 0.453 e. The van der Waals surface area contributed by atoms with Crippen molar-refractivity contribution in [1.29, 1.82) is 0 Å². The molecule has 5 aromatic rings. The minimum atomic E-state index is -0.686. The van der Waals surface area contributed by atoms with Gasteiger partial charge in [-0.1, -0.05) is 90.1 Å². The predicted octanol–water partition coefficient (Wildman–Crippen LogP) is 7.79. The number of hydrogen-bond acceptors (Lipinski definition) is 8. The second-order valence-electron chi connectivity index (χ2n) is 16.4. The molecule has 0 radical (unpaired) electrons. The van der Waals surface area contributed by atoms with E-state index in [2.05, 4.69) is 103 Å². The van der Waals surface area contributed by atoms with Crippen molar-refractivity contribution in [3.63, 3.8) is 0 Å². The Morgan fingerprint density at radius 1 is 0.786 bits per heavy atom. The van der Waals surface area contributed by atoms with Crippen molar-refractivity contribution in [2.75, 3.05) is 27.2 Å². The number of carbonyl (C=O) groups is 3. The third-order valence-electron chi connectivity index (χ3n) is 11.3. The summed E-state index contributed by atoms with van der Waals surface area (Å²) in [6.07, 6.45) is 2.90. The van der Waals surface area contributed by atoms with Crippen LogP contribution in [0.2, 0.25) is 0 Å². The monoisotopic (exact) mass is 778 g/mol. The quantitative estimate of drug-likeness (QED) is 0.107. The lowest BCUT2D eigenvalue weighted by atomic mass is 10.0. The molecule has 56 heavy (non-hydrogen) atoms. The molecule has 2 aromatic carbocycles. The van der Waals surface area contributed by atoms with Gasteiger partial charge in [-0.05, 0) is 71.9 Å². The van der Waals surface area contributed by atoms with E-state index < -0.39 is 12.1 Å². The Bertz CT molecular complexity index is 2140. The number of likely N-dealkylation sites (tertiary alicyclic amines) is 2. The summed E-state index contributed by atoms with van der Waals surface area (Å²) in [5, 5.41) is 5.94. The van der Waals surface area contributed by atoms with Crippen molar-refractivity contribution in [2.24, 2.45) is 23.7 Å². The molecule has 13 heteroatoms. The van der Waals surface area contributed by atoms with Crippen LogP contribution in [-0.4, -0.2) is 87.0 Å². The zero-order valence-corrected chi connectivity index (χ0v) is 34.4. The summed E-state index contributed by atoms with van der Waals surface area (Å²) in [6, 6.07) is 18.0. The average Bonchev–Trinajstić information content (AvgIpc) is 4.02. The van der Waals surface area contributed by atoms with Gasteiger partial charge in [0.15, 0.2) is 0 Å². The summed E-state index contributed by atoms with van der Waals surface area (Å²) in [5.74, 6) is 2.44. The smallest absolute Gasteiger partial charge is 0.407 e. The van der Waals surface area contributed by atoms with E-state index in [1.165, 1.54) is 7.11 Å². The van der Waals surface area contributed by atoms with Crippen LogP contribution in [-0.2, 0) is 14.3 Å². The molecule has 0 saturated carbocycles. The highest BCUT2D eigenvalue weighted by Gasteiger charge is 2.41. The molecule has 2 saturated heterocycles. The molecule has 296 valence electrons. The molecular weight excluding hydrogens is 725 g/mol. The SMILES string of the molecule is CNC(C(=O)N1CC(C)CC1c1nc2sc(-c3ccc(-c4ccc(-c5cnc(C6CC(C)CN6C(=O)C(NC(=O)OC)C(C)C)[nH]5)cc4)cc3)cc2[nH]1)C(C)C. The molecule has 6 unspecified atom stereocenters. The number of rotatable bonds is 11. The molecule has 2 aliphatic heterocycles. The van der Waals surface area contributed by atoms with Crippen LogP contribution in [0.15, 0.2) is 60.8 Å². The number of ether oxygens (including phenoxy) is 1. The first-order chi connectivity index (χ1) is 26.8. The Kier molecular flexibility index (Phi) is 11.4. The van der Waals surface area contributed by atoms with Gasteiger partial charge in [0.1, 0.15) is 22.5 Å². The average molecular weight is 779 g/mol. The molecule has 3 amide bonds. The van der Waals surface area contributed by atoms with Gasteiger partial charge in [0.25, 0.3) is 0 Å². The van der Waals surface area contributed by atoms with Crippen LogP contribution in [0.5, 0.6) is 0 Å². The van der Waals surface area contributed by atoms with Crippen LogP contribution < -0.4 is 10.6 Å². The number of aromatic amines is 2. The fraction of sp³-hybridized carbons (Fsp3) is 0.465. The second-order valence-corrected chi connectivity index (χ2v) is 17.4. The minimum Gasteiger partial charge on any atom is -0.453 e. The number of amides is 3. The first-order valence-corrected chi connectivity index (χ1v) is 20.5. The summed E-state index contributed by atoms with van der Waals surface area (Å²) < 4.78 is 4.78. The summed E-state index contributed by atoms with van der Waals surface area (Å²) >= 11 is 1.66. The van der Waals surface area contributed by atoms with E-state index in [1.54, 1.807) is 11.3 Å². The first-order valence-electron chi connectivity index (χ1n) is 19.7. The lowest BCUT2D eigenvalue weighted by Crippen LogP contribution is -2.51. The topological polar surface area (TPSA) is 148 Å². The molecular formula is C43H54N8O4S. The number of H-pyrrole nitrogens is 2. The number of fused-ring (bicyclic) bond motifs is 1. The Morgan fingerprint density at radius 3 is 1.86 bits per heavy atom. The normalized spacial score (nSPS) is 21.0. The fourth-order valence-electron chi connectivity index (χ4n) is 8.35. The molecule has 0 bridgehead atoms. The van der Waals surface area contributed by atoms with Crippen LogP contribution in [0.1, 0.15) is 78.1 Å². The highest BCUT2D eigenvalue weighted by molar-refractivity contribution is 7.21. The number of alkyl carbamates (subject to hydrolysis) is 1. The maximum Gasteiger partial charge on any atom is 0.407 e. The lowest BCUT2D eigenvalue weighted by Gasteiger charge is -2.30. The molecule has 3 aromatic heterocycles. The Labute approximate surface area is 332 Å². The van der Waals surface area contributed by atoms with Crippen LogP contribution in [0, 0.1) is 23.7 Å². The lowest BCUT2D eigenvalue weighted by molar-refractivity contribution is -0.136. The summed E-state index contributed by atoms with van der Waals surface area (Å²) in [7, 11) is 3.16. The van der Waals surface area contributed by atoms with Crippen LogP contribution >= 0.6 is 11.3 Å². The fourth-order valence-corrected chi connectivity index (χ4v) is 9.35. The highest BCUT2D eigenvalue weighted by atomic mass is 32.1. The molecule has 0 aliphatic carbocycles. The van der Waals surface area contributed by atoms with Gasteiger partial charge >= 0.3 is 6.09 Å². The molecule has 6 atom stereocenters. The number of thiophene rings is 1. The molecule has 5 heterocycles.